The summed E-state index contributed by atoms with van der Waals surface area (Å²) in [4.78, 5) is 26.9. The molecule has 0 aliphatic carbocycles. The van der Waals surface area contributed by atoms with Gasteiger partial charge in [0.05, 0.1) is 12.5 Å². The van der Waals surface area contributed by atoms with E-state index in [4.69, 9.17) is 0 Å². The van der Waals surface area contributed by atoms with Crippen molar-refractivity contribution in [2.75, 3.05) is 18.9 Å². The van der Waals surface area contributed by atoms with E-state index in [1.807, 2.05) is 62.4 Å². The number of amides is 2. The molecule has 0 aliphatic heterocycles. The van der Waals surface area contributed by atoms with E-state index in [9.17, 15) is 9.59 Å². The van der Waals surface area contributed by atoms with E-state index in [1.165, 1.54) is 4.90 Å². The van der Waals surface area contributed by atoms with Crippen LogP contribution in [0.1, 0.15) is 42.4 Å². The SMILES string of the molecule is CCCC(C(=O)N(C)CC(=O)Nc1c(C)cccc1C)c1ccccc1. The Bertz CT molecular complexity index is 736. The predicted octanol–water partition coefficient (Wildman–Crippen LogP) is 4.28. The van der Waals surface area contributed by atoms with E-state index >= 15 is 0 Å². The first-order chi connectivity index (χ1) is 12.4. The molecular formula is C22H28N2O2. The molecule has 1 atom stereocenters. The Kier molecular flexibility index (Phi) is 6.96. The number of carbonyl (C=O) groups is 2. The van der Waals surface area contributed by atoms with E-state index < -0.39 is 0 Å². The molecule has 0 saturated carbocycles. The van der Waals surface area contributed by atoms with Crippen LogP contribution in [-0.4, -0.2) is 30.3 Å². The van der Waals surface area contributed by atoms with E-state index in [1.54, 1.807) is 7.05 Å². The fraction of sp³-hybridized carbons (Fsp3) is 0.364. The zero-order valence-corrected chi connectivity index (χ0v) is 16.1. The first-order valence-electron chi connectivity index (χ1n) is 9.10. The number of carbonyl (C=O) groups excluding carboxylic acids is 2. The summed E-state index contributed by atoms with van der Waals surface area (Å²) in [6.07, 6.45) is 1.68. The fourth-order valence-corrected chi connectivity index (χ4v) is 3.16. The lowest BCUT2D eigenvalue weighted by molar-refractivity contribution is -0.134. The van der Waals surface area contributed by atoms with Gasteiger partial charge in [-0.3, -0.25) is 9.59 Å². The highest BCUT2D eigenvalue weighted by Gasteiger charge is 2.24. The van der Waals surface area contributed by atoms with Crippen molar-refractivity contribution in [3.63, 3.8) is 0 Å². The summed E-state index contributed by atoms with van der Waals surface area (Å²) in [7, 11) is 1.69. The second-order valence-electron chi connectivity index (χ2n) is 6.76. The minimum atomic E-state index is -0.209. The van der Waals surface area contributed by atoms with Crippen LogP contribution < -0.4 is 5.32 Å². The number of likely N-dealkylation sites (N-methyl/N-ethyl adjacent to an activating group) is 1. The molecule has 0 fully saturated rings. The van der Waals surface area contributed by atoms with Gasteiger partial charge in [0.2, 0.25) is 11.8 Å². The van der Waals surface area contributed by atoms with Crippen LogP contribution in [0.2, 0.25) is 0 Å². The van der Waals surface area contributed by atoms with Crippen molar-refractivity contribution < 1.29 is 9.59 Å². The predicted molar refractivity (Wildman–Crippen MR) is 106 cm³/mol. The molecule has 0 saturated heterocycles. The van der Waals surface area contributed by atoms with Gasteiger partial charge in [-0.25, -0.2) is 0 Å². The van der Waals surface area contributed by atoms with Gasteiger partial charge >= 0.3 is 0 Å². The molecule has 0 spiro atoms. The van der Waals surface area contributed by atoms with Crippen LogP contribution in [0.15, 0.2) is 48.5 Å². The Morgan fingerprint density at radius 3 is 2.19 bits per heavy atom. The third-order valence-corrected chi connectivity index (χ3v) is 4.58. The van der Waals surface area contributed by atoms with Gasteiger partial charge in [0.25, 0.3) is 0 Å². The monoisotopic (exact) mass is 352 g/mol. The lowest BCUT2D eigenvalue weighted by atomic mass is 9.93. The number of para-hydroxylation sites is 1. The third-order valence-electron chi connectivity index (χ3n) is 4.58. The van der Waals surface area contributed by atoms with E-state index in [0.717, 1.165) is 35.2 Å². The van der Waals surface area contributed by atoms with Gasteiger partial charge in [-0.1, -0.05) is 61.9 Å². The summed E-state index contributed by atoms with van der Waals surface area (Å²) >= 11 is 0. The Hall–Kier alpha value is -2.62. The quantitative estimate of drug-likeness (QED) is 0.808. The van der Waals surface area contributed by atoms with Gasteiger partial charge in [-0.05, 0) is 37.0 Å². The molecule has 0 radical (unpaired) electrons. The average Bonchev–Trinajstić information content (AvgIpc) is 2.63. The molecule has 0 aromatic heterocycles. The number of anilines is 1. The number of nitrogens with one attached hydrogen (secondary N) is 1. The van der Waals surface area contributed by atoms with Crippen LogP contribution in [0.3, 0.4) is 0 Å². The van der Waals surface area contributed by atoms with Crippen LogP contribution in [0.25, 0.3) is 0 Å². The Balaban J connectivity index is 2.06. The van der Waals surface area contributed by atoms with Gasteiger partial charge in [-0.2, -0.15) is 0 Å². The summed E-state index contributed by atoms with van der Waals surface area (Å²) in [6, 6.07) is 15.7. The van der Waals surface area contributed by atoms with Crippen molar-refractivity contribution in [2.45, 2.75) is 39.5 Å². The highest BCUT2D eigenvalue weighted by atomic mass is 16.2. The minimum Gasteiger partial charge on any atom is -0.336 e. The molecule has 0 heterocycles. The molecule has 1 unspecified atom stereocenters. The number of hydrogen-bond acceptors (Lipinski definition) is 2. The molecule has 0 aliphatic rings. The van der Waals surface area contributed by atoms with Crippen LogP contribution >= 0.6 is 0 Å². The molecular weight excluding hydrogens is 324 g/mol. The maximum absolute atomic E-state index is 12.9. The van der Waals surface area contributed by atoms with Gasteiger partial charge < -0.3 is 10.2 Å². The summed E-state index contributed by atoms with van der Waals surface area (Å²) < 4.78 is 0. The standard InChI is InChI=1S/C22H28N2O2/c1-5-10-19(18-13-7-6-8-14-18)22(26)24(4)15-20(25)23-21-16(2)11-9-12-17(21)3/h6-9,11-14,19H,5,10,15H2,1-4H3,(H,23,25). The zero-order chi connectivity index (χ0) is 19.1. The smallest absolute Gasteiger partial charge is 0.243 e. The summed E-state index contributed by atoms with van der Waals surface area (Å²) in [5.74, 6) is -0.407. The molecule has 0 bridgehead atoms. The van der Waals surface area contributed by atoms with Crippen molar-refractivity contribution in [3.05, 3.63) is 65.2 Å². The van der Waals surface area contributed by atoms with Crippen LogP contribution in [0, 0.1) is 13.8 Å². The Morgan fingerprint density at radius 1 is 1.00 bits per heavy atom. The lowest BCUT2D eigenvalue weighted by Crippen LogP contribution is -2.38. The van der Waals surface area contributed by atoms with Crippen LogP contribution in [0.4, 0.5) is 5.69 Å². The van der Waals surface area contributed by atoms with Gasteiger partial charge in [-0.15, -0.1) is 0 Å². The van der Waals surface area contributed by atoms with Crippen LogP contribution in [-0.2, 0) is 9.59 Å². The number of aryl methyl sites for hydroxylation is 2. The largest absolute Gasteiger partial charge is 0.336 e. The van der Waals surface area contributed by atoms with Gasteiger partial charge in [0.15, 0.2) is 0 Å². The first-order valence-corrected chi connectivity index (χ1v) is 9.10. The first kappa shape index (κ1) is 19.7. The molecule has 26 heavy (non-hydrogen) atoms. The van der Waals surface area contributed by atoms with E-state index in [2.05, 4.69) is 12.2 Å². The second-order valence-corrected chi connectivity index (χ2v) is 6.76. The minimum absolute atomic E-state index is 0.0188. The third kappa shape index (κ3) is 4.94. The number of hydrogen-bond donors (Lipinski definition) is 1. The molecule has 138 valence electrons. The van der Waals surface area contributed by atoms with Crippen molar-refractivity contribution in [3.8, 4) is 0 Å². The lowest BCUT2D eigenvalue weighted by Gasteiger charge is -2.24. The summed E-state index contributed by atoms with van der Waals surface area (Å²) in [6.45, 7) is 6.03. The molecule has 4 nitrogen and oxygen atoms in total. The second kappa shape index (κ2) is 9.18. The number of rotatable bonds is 7. The normalized spacial score (nSPS) is 11.7. The van der Waals surface area contributed by atoms with Crippen molar-refractivity contribution in [1.82, 2.24) is 4.90 Å². The fourth-order valence-electron chi connectivity index (χ4n) is 3.16. The van der Waals surface area contributed by atoms with E-state index in [0.29, 0.717) is 0 Å². The highest BCUT2D eigenvalue weighted by Crippen LogP contribution is 2.24. The highest BCUT2D eigenvalue weighted by molar-refractivity contribution is 5.96. The molecule has 2 aromatic carbocycles. The Morgan fingerprint density at radius 2 is 1.62 bits per heavy atom. The Labute approximate surface area is 156 Å². The van der Waals surface area contributed by atoms with Crippen molar-refractivity contribution >= 4 is 17.5 Å². The van der Waals surface area contributed by atoms with Crippen molar-refractivity contribution in [2.24, 2.45) is 0 Å². The summed E-state index contributed by atoms with van der Waals surface area (Å²) in [5, 5.41) is 2.94. The molecule has 4 heteroatoms. The van der Waals surface area contributed by atoms with Crippen LogP contribution in [0.5, 0.6) is 0 Å². The topological polar surface area (TPSA) is 49.4 Å². The number of nitrogens with zero attached hydrogens (tertiary/aromatic N) is 1. The molecule has 1 N–H and O–H groups in total. The van der Waals surface area contributed by atoms with Crippen molar-refractivity contribution in [1.29, 1.82) is 0 Å². The zero-order valence-electron chi connectivity index (χ0n) is 16.1. The van der Waals surface area contributed by atoms with E-state index in [-0.39, 0.29) is 24.3 Å². The maximum atomic E-state index is 12.9. The average molecular weight is 352 g/mol. The molecule has 2 amide bonds. The maximum Gasteiger partial charge on any atom is 0.243 e. The number of benzene rings is 2. The van der Waals surface area contributed by atoms with Gasteiger partial charge in [0.1, 0.15) is 0 Å². The molecule has 2 aromatic rings. The molecule has 2 rings (SSSR count). The van der Waals surface area contributed by atoms with Gasteiger partial charge in [0, 0.05) is 12.7 Å². The summed E-state index contributed by atoms with van der Waals surface area (Å²) in [5.41, 5.74) is 3.86.